The molecule has 150 valence electrons. The largest absolute Gasteiger partial charge is 0.475 e. The van der Waals surface area contributed by atoms with Gasteiger partial charge in [-0.2, -0.15) is 0 Å². The third-order valence-electron chi connectivity index (χ3n) is 5.35. The fraction of sp³-hybridized carbons (Fsp3) is 0.652. The number of unbranched alkanes of at least 4 members (excludes halogenated alkanes) is 12. The summed E-state index contributed by atoms with van der Waals surface area (Å²) in [5.41, 5.74) is 2.78. The first-order valence-corrected chi connectivity index (χ1v) is 10.9. The molecule has 1 aromatic carbocycles. The minimum Gasteiger partial charge on any atom is -0.475 e. The van der Waals surface area contributed by atoms with Gasteiger partial charge in [-0.25, -0.2) is 9.78 Å². The number of rotatable bonds is 15. The zero-order chi connectivity index (χ0) is 19.3. The lowest BCUT2D eigenvalue weighted by atomic mass is 10.0. The van der Waals surface area contributed by atoms with E-state index in [4.69, 9.17) is 5.11 Å². The summed E-state index contributed by atoms with van der Waals surface area (Å²) in [6, 6.07) is 5.93. The molecule has 1 aromatic heterocycles. The Hall–Kier alpha value is -1.84. The second-order valence-electron chi connectivity index (χ2n) is 7.70. The highest BCUT2D eigenvalue weighted by Gasteiger charge is 2.11. The molecule has 0 radical (unpaired) electrons. The average Bonchev–Trinajstić information content (AvgIpc) is 3.11. The molecule has 0 fully saturated rings. The van der Waals surface area contributed by atoms with E-state index in [1.54, 1.807) is 0 Å². The standard InChI is InChI=1S/C23H36N2O2/c1-2-3-4-5-6-7-8-9-10-11-12-13-14-16-19-17-15-18-20-21(19)25-22(24-20)23(26)27/h15,17-18H,2-14,16H2,1H3,(H,24,25)(H,26,27). The molecule has 2 rings (SSSR count). The molecule has 2 aromatic rings. The number of carboxylic acids is 1. The molecule has 0 bridgehead atoms. The number of hydrogen-bond donors (Lipinski definition) is 2. The quantitative estimate of drug-likeness (QED) is 0.334. The van der Waals surface area contributed by atoms with Gasteiger partial charge in [0.1, 0.15) is 0 Å². The lowest BCUT2D eigenvalue weighted by Gasteiger charge is -2.04. The Kier molecular flexibility index (Phi) is 9.96. The molecule has 0 saturated heterocycles. The number of benzene rings is 1. The van der Waals surface area contributed by atoms with Gasteiger partial charge in [-0.1, -0.05) is 96.1 Å². The highest BCUT2D eigenvalue weighted by molar-refractivity contribution is 5.89. The Bertz CT molecular complexity index is 678. The number of aryl methyl sites for hydroxylation is 1. The van der Waals surface area contributed by atoms with Crippen molar-refractivity contribution in [1.82, 2.24) is 9.97 Å². The summed E-state index contributed by atoms with van der Waals surface area (Å²) >= 11 is 0. The molecule has 0 amide bonds. The van der Waals surface area contributed by atoms with Crippen LogP contribution < -0.4 is 0 Å². The summed E-state index contributed by atoms with van der Waals surface area (Å²) in [4.78, 5) is 18.2. The Labute approximate surface area is 163 Å². The number of nitrogens with one attached hydrogen (secondary N) is 1. The fourth-order valence-electron chi connectivity index (χ4n) is 3.73. The number of nitrogens with zero attached hydrogens (tertiary/aromatic N) is 1. The van der Waals surface area contributed by atoms with Crippen LogP contribution in [0.5, 0.6) is 0 Å². The number of fused-ring (bicyclic) bond motifs is 1. The molecular weight excluding hydrogens is 336 g/mol. The van der Waals surface area contributed by atoms with Crippen LogP contribution in [-0.2, 0) is 6.42 Å². The number of imidazole rings is 1. The Morgan fingerprint density at radius 2 is 1.44 bits per heavy atom. The topological polar surface area (TPSA) is 66.0 Å². The van der Waals surface area contributed by atoms with Crippen molar-refractivity contribution in [3.8, 4) is 0 Å². The zero-order valence-electron chi connectivity index (χ0n) is 16.9. The number of hydrogen-bond acceptors (Lipinski definition) is 2. The van der Waals surface area contributed by atoms with E-state index in [0.29, 0.717) is 0 Å². The van der Waals surface area contributed by atoms with Crippen molar-refractivity contribution in [3.63, 3.8) is 0 Å². The van der Waals surface area contributed by atoms with Crippen LogP contribution in [0.1, 0.15) is 107 Å². The molecular formula is C23H36N2O2. The molecule has 4 heteroatoms. The van der Waals surface area contributed by atoms with Gasteiger partial charge in [0.25, 0.3) is 0 Å². The molecule has 0 atom stereocenters. The van der Waals surface area contributed by atoms with Crippen LogP contribution in [-0.4, -0.2) is 21.0 Å². The average molecular weight is 373 g/mol. The highest BCUT2D eigenvalue weighted by Crippen LogP contribution is 2.19. The number of H-pyrrole nitrogens is 1. The van der Waals surface area contributed by atoms with E-state index < -0.39 is 5.97 Å². The number of carbonyl (C=O) groups is 1. The predicted molar refractivity (Wildman–Crippen MR) is 112 cm³/mol. The lowest BCUT2D eigenvalue weighted by molar-refractivity contribution is 0.0685. The second-order valence-corrected chi connectivity index (χ2v) is 7.70. The summed E-state index contributed by atoms with van der Waals surface area (Å²) in [5, 5.41) is 9.08. The minimum absolute atomic E-state index is 0.0304. The van der Waals surface area contributed by atoms with Crippen LogP contribution in [0, 0.1) is 0 Å². The normalized spacial score (nSPS) is 11.3. The fourth-order valence-corrected chi connectivity index (χ4v) is 3.73. The van der Waals surface area contributed by atoms with Gasteiger partial charge in [-0.3, -0.25) is 0 Å². The summed E-state index contributed by atoms with van der Waals surface area (Å²) in [6.07, 6.45) is 18.6. The molecule has 0 aliphatic carbocycles. The van der Waals surface area contributed by atoms with Gasteiger partial charge in [0, 0.05) is 0 Å². The highest BCUT2D eigenvalue weighted by atomic mass is 16.4. The first kappa shape index (κ1) is 21.5. The van der Waals surface area contributed by atoms with E-state index in [-0.39, 0.29) is 5.82 Å². The van der Waals surface area contributed by atoms with E-state index >= 15 is 0 Å². The maximum atomic E-state index is 11.1. The molecule has 27 heavy (non-hydrogen) atoms. The van der Waals surface area contributed by atoms with Gasteiger partial charge in [0.2, 0.25) is 5.82 Å². The maximum Gasteiger partial charge on any atom is 0.371 e. The number of para-hydroxylation sites is 1. The summed E-state index contributed by atoms with van der Waals surface area (Å²) in [6.45, 7) is 2.27. The van der Waals surface area contributed by atoms with Gasteiger partial charge >= 0.3 is 5.97 Å². The monoisotopic (exact) mass is 372 g/mol. The van der Waals surface area contributed by atoms with Crippen molar-refractivity contribution in [3.05, 3.63) is 29.6 Å². The van der Waals surface area contributed by atoms with Crippen LogP contribution >= 0.6 is 0 Å². The molecule has 0 aliphatic heterocycles. The van der Waals surface area contributed by atoms with E-state index in [9.17, 15) is 4.79 Å². The van der Waals surface area contributed by atoms with Gasteiger partial charge in [0.15, 0.2) is 0 Å². The number of aromatic nitrogens is 2. The summed E-state index contributed by atoms with van der Waals surface area (Å²) in [5.74, 6) is -0.971. The number of aromatic amines is 1. The van der Waals surface area contributed by atoms with Crippen LogP contribution in [0.3, 0.4) is 0 Å². The Morgan fingerprint density at radius 3 is 2.00 bits per heavy atom. The third kappa shape index (κ3) is 7.74. The number of carboxylic acid groups (broad SMARTS) is 1. The SMILES string of the molecule is CCCCCCCCCCCCCCCc1cccc2[nH]c(C(=O)O)nc12. The van der Waals surface area contributed by atoms with Crippen LogP contribution in [0.15, 0.2) is 18.2 Å². The van der Waals surface area contributed by atoms with Gasteiger partial charge < -0.3 is 10.1 Å². The van der Waals surface area contributed by atoms with Crippen molar-refractivity contribution in [2.45, 2.75) is 96.8 Å². The van der Waals surface area contributed by atoms with Gasteiger partial charge in [0.05, 0.1) is 11.0 Å². The zero-order valence-corrected chi connectivity index (χ0v) is 16.9. The minimum atomic E-state index is -1.00. The van der Waals surface area contributed by atoms with E-state index in [1.165, 1.54) is 77.0 Å². The third-order valence-corrected chi connectivity index (χ3v) is 5.35. The predicted octanol–water partition coefficient (Wildman–Crippen LogP) is 6.89. The number of aromatic carboxylic acids is 1. The van der Waals surface area contributed by atoms with Gasteiger partial charge in [-0.15, -0.1) is 0 Å². The summed E-state index contributed by atoms with van der Waals surface area (Å²) in [7, 11) is 0. The summed E-state index contributed by atoms with van der Waals surface area (Å²) < 4.78 is 0. The van der Waals surface area contributed by atoms with Crippen LogP contribution in [0.2, 0.25) is 0 Å². The Balaban J connectivity index is 1.53. The molecule has 2 N–H and O–H groups in total. The van der Waals surface area contributed by atoms with E-state index in [0.717, 1.165) is 29.4 Å². The molecule has 0 spiro atoms. The second kappa shape index (κ2) is 12.5. The van der Waals surface area contributed by atoms with Crippen molar-refractivity contribution in [2.75, 3.05) is 0 Å². The molecule has 1 heterocycles. The molecule has 0 saturated carbocycles. The van der Waals surface area contributed by atoms with Crippen LogP contribution in [0.25, 0.3) is 11.0 Å². The van der Waals surface area contributed by atoms with Gasteiger partial charge in [-0.05, 0) is 24.5 Å². The van der Waals surface area contributed by atoms with Crippen molar-refractivity contribution >= 4 is 17.0 Å². The Morgan fingerprint density at radius 1 is 0.889 bits per heavy atom. The molecule has 0 aliphatic rings. The van der Waals surface area contributed by atoms with Crippen LogP contribution in [0.4, 0.5) is 0 Å². The smallest absolute Gasteiger partial charge is 0.371 e. The van der Waals surface area contributed by atoms with E-state index in [1.807, 2.05) is 12.1 Å². The van der Waals surface area contributed by atoms with Crippen molar-refractivity contribution in [2.24, 2.45) is 0 Å². The maximum absolute atomic E-state index is 11.1. The molecule has 0 unspecified atom stereocenters. The van der Waals surface area contributed by atoms with Crippen molar-refractivity contribution in [1.29, 1.82) is 0 Å². The van der Waals surface area contributed by atoms with Crippen molar-refractivity contribution < 1.29 is 9.90 Å². The first-order chi connectivity index (χ1) is 13.2. The first-order valence-electron chi connectivity index (χ1n) is 10.9. The lowest BCUT2D eigenvalue weighted by Crippen LogP contribution is -1.98. The van der Waals surface area contributed by atoms with E-state index in [2.05, 4.69) is 23.0 Å². The molecule has 4 nitrogen and oxygen atoms in total.